The molecule has 3 rings (SSSR count). The zero-order valence-electron chi connectivity index (χ0n) is 14.2. The number of hydrogen-bond acceptors (Lipinski definition) is 3. The quantitative estimate of drug-likeness (QED) is 0.555. The molecule has 132 valence electrons. The number of nitrogen functional groups attached to an aromatic ring is 1. The Bertz CT molecular complexity index is 743. The number of carboxylic acid groups (broad SMARTS) is 1. The fourth-order valence-electron chi connectivity index (χ4n) is 3.59. The monoisotopic (exact) mass is 340 g/mol. The number of nitrogens with zero attached hydrogens (tertiary/aromatic N) is 2. The zero-order valence-corrected chi connectivity index (χ0v) is 14.2. The lowest BCUT2D eigenvalue weighted by atomic mass is 9.81. The van der Waals surface area contributed by atoms with Crippen LogP contribution >= 0.6 is 0 Å². The maximum atomic E-state index is 10.7. The van der Waals surface area contributed by atoms with Gasteiger partial charge in [-0.05, 0) is 37.2 Å². The lowest BCUT2D eigenvalue weighted by Gasteiger charge is -2.29. The molecule has 1 heterocycles. The molecule has 0 aliphatic heterocycles. The molecule has 6 nitrogen and oxygen atoms in total. The molecule has 0 atom stereocenters. The molecule has 1 aromatic carbocycles. The third-order valence-electron chi connectivity index (χ3n) is 5.06. The van der Waals surface area contributed by atoms with E-state index in [0.717, 1.165) is 36.9 Å². The summed E-state index contributed by atoms with van der Waals surface area (Å²) in [6.07, 6.45) is 8.86. The molecule has 0 radical (unpaired) electrons. The van der Waals surface area contributed by atoms with Crippen molar-refractivity contribution in [2.45, 2.75) is 50.5 Å². The third-order valence-corrected chi connectivity index (χ3v) is 5.06. The molecule has 1 aliphatic rings. The summed E-state index contributed by atoms with van der Waals surface area (Å²) in [6.45, 7) is 0. The van der Waals surface area contributed by atoms with Gasteiger partial charge in [0.2, 0.25) is 0 Å². The van der Waals surface area contributed by atoms with Crippen LogP contribution in [0.1, 0.15) is 60.9 Å². The highest BCUT2D eigenvalue weighted by Crippen LogP contribution is 2.38. The Morgan fingerprint density at radius 2 is 1.92 bits per heavy atom. The van der Waals surface area contributed by atoms with E-state index in [1.54, 1.807) is 0 Å². The fraction of sp³-hybridized carbons (Fsp3) is 0.421. The van der Waals surface area contributed by atoms with Gasteiger partial charge in [-0.2, -0.15) is 0 Å². The molecular weight excluding hydrogens is 316 g/mol. The van der Waals surface area contributed by atoms with Crippen LogP contribution in [0.2, 0.25) is 0 Å². The van der Waals surface area contributed by atoms with Crippen molar-refractivity contribution in [3.05, 3.63) is 53.6 Å². The molecule has 0 unspecified atom stereocenters. The normalized spacial score (nSPS) is 20.3. The first-order valence-electron chi connectivity index (χ1n) is 8.71. The molecule has 4 N–H and O–H groups in total. The van der Waals surface area contributed by atoms with E-state index in [2.05, 4.69) is 21.7 Å². The van der Waals surface area contributed by atoms with Crippen molar-refractivity contribution in [3.8, 4) is 0 Å². The van der Waals surface area contributed by atoms with Gasteiger partial charge in [0.25, 0.3) is 0 Å². The molecule has 1 aromatic heterocycles. The van der Waals surface area contributed by atoms with E-state index < -0.39 is 5.97 Å². The molecule has 0 saturated heterocycles. The number of benzene rings is 1. The SMILES string of the molecule is N=C(N)c1ccc(C2CCC(n3cnc(CCC(=O)O)c3)CC2)cc1. The summed E-state index contributed by atoms with van der Waals surface area (Å²) in [5.41, 5.74) is 8.44. The van der Waals surface area contributed by atoms with Gasteiger partial charge in [0.15, 0.2) is 0 Å². The van der Waals surface area contributed by atoms with E-state index in [4.69, 9.17) is 16.2 Å². The number of carbonyl (C=O) groups is 1. The number of nitrogens with two attached hydrogens (primary N) is 1. The summed E-state index contributed by atoms with van der Waals surface area (Å²) in [5, 5.41) is 16.2. The maximum Gasteiger partial charge on any atom is 0.303 e. The van der Waals surface area contributed by atoms with Crippen LogP contribution in [-0.4, -0.2) is 26.5 Å². The van der Waals surface area contributed by atoms with Gasteiger partial charge in [-0.15, -0.1) is 0 Å². The van der Waals surface area contributed by atoms with Crippen LogP contribution in [0.3, 0.4) is 0 Å². The van der Waals surface area contributed by atoms with Crippen LogP contribution in [0.5, 0.6) is 0 Å². The van der Waals surface area contributed by atoms with E-state index in [0.29, 0.717) is 18.4 Å². The van der Waals surface area contributed by atoms with Crippen LogP contribution in [0.4, 0.5) is 0 Å². The molecule has 1 saturated carbocycles. The van der Waals surface area contributed by atoms with Crippen molar-refractivity contribution in [2.75, 3.05) is 0 Å². The van der Waals surface area contributed by atoms with Crippen molar-refractivity contribution in [3.63, 3.8) is 0 Å². The van der Waals surface area contributed by atoms with E-state index in [1.165, 1.54) is 5.56 Å². The third kappa shape index (κ3) is 4.26. The Morgan fingerprint density at radius 1 is 1.24 bits per heavy atom. The number of carboxylic acids is 1. The standard InChI is InChI=1S/C19H24N4O2/c20-19(21)15-3-1-13(2-4-15)14-5-8-17(9-6-14)23-11-16(22-12-23)7-10-18(24)25/h1-4,11-12,14,17H,5-10H2,(H3,20,21)(H,24,25). The van der Waals surface area contributed by atoms with Crippen molar-refractivity contribution in [1.29, 1.82) is 5.41 Å². The molecule has 25 heavy (non-hydrogen) atoms. The van der Waals surface area contributed by atoms with E-state index >= 15 is 0 Å². The minimum Gasteiger partial charge on any atom is -0.481 e. The number of aliphatic carboxylic acids is 1. The minimum absolute atomic E-state index is 0.106. The fourth-order valence-corrected chi connectivity index (χ4v) is 3.59. The summed E-state index contributed by atoms with van der Waals surface area (Å²) in [5.74, 6) is -0.132. The first-order valence-corrected chi connectivity index (χ1v) is 8.71. The van der Waals surface area contributed by atoms with Gasteiger partial charge < -0.3 is 15.4 Å². The van der Waals surface area contributed by atoms with Gasteiger partial charge in [-0.25, -0.2) is 4.98 Å². The second-order valence-corrected chi connectivity index (χ2v) is 6.75. The highest BCUT2D eigenvalue weighted by molar-refractivity contribution is 5.94. The topological polar surface area (TPSA) is 105 Å². The van der Waals surface area contributed by atoms with Gasteiger partial charge in [0.1, 0.15) is 5.84 Å². The molecule has 0 amide bonds. The largest absolute Gasteiger partial charge is 0.481 e. The first-order chi connectivity index (χ1) is 12.0. The Labute approximate surface area is 147 Å². The Kier molecular flexibility index (Phi) is 5.16. The average molecular weight is 340 g/mol. The number of nitrogens with one attached hydrogen (secondary N) is 1. The summed E-state index contributed by atoms with van der Waals surface area (Å²) in [4.78, 5) is 15.0. The predicted octanol–water partition coefficient (Wildman–Crippen LogP) is 3.08. The summed E-state index contributed by atoms with van der Waals surface area (Å²) < 4.78 is 2.15. The number of imidazole rings is 1. The summed E-state index contributed by atoms with van der Waals surface area (Å²) in [7, 11) is 0. The molecule has 0 bridgehead atoms. The number of aromatic nitrogens is 2. The lowest BCUT2D eigenvalue weighted by Crippen LogP contribution is -2.16. The first kappa shape index (κ1) is 17.2. The predicted molar refractivity (Wildman–Crippen MR) is 95.9 cm³/mol. The highest BCUT2D eigenvalue weighted by Gasteiger charge is 2.23. The van der Waals surface area contributed by atoms with Crippen LogP contribution in [0.25, 0.3) is 0 Å². The second-order valence-electron chi connectivity index (χ2n) is 6.75. The summed E-state index contributed by atoms with van der Waals surface area (Å²) in [6, 6.07) is 8.47. The van der Waals surface area contributed by atoms with Gasteiger partial charge in [-0.1, -0.05) is 24.3 Å². The molecule has 6 heteroatoms. The molecule has 1 aliphatic carbocycles. The maximum absolute atomic E-state index is 10.7. The second kappa shape index (κ2) is 7.51. The van der Waals surface area contributed by atoms with Crippen LogP contribution in [-0.2, 0) is 11.2 Å². The van der Waals surface area contributed by atoms with Gasteiger partial charge >= 0.3 is 5.97 Å². The van der Waals surface area contributed by atoms with Gasteiger partial charge in [0.05, 0.1) is 18.4 Å². The molecule has 2 aromatic rings. The van der Waals surface area contributed by atoms with Crippen LogP contribution < -0.4 is 5.73 Å². The van der Waals surface area contributed by atoms with E-state index in [9.17, 15) is 4.79 Å². The van der Waals surface area contributed by atoms with E-state index in [1.807, 2.05) is 24.7 Å². The molecular formula is C19H24N4O2. The smallest absolute Gasteiger partial charge is 0.303 e. The van der Waals surface area contributed by atoms with Crippen molar-refractivity contribution in [2.24, 2.45) is 5.73 Å². The molecule has 0 spiro atoms. The van der Waals surface area contributed by atoms with Crippen molar-refractivity contribution in [1.82, 2.24) is 9.55 Å². The molecule has 1 fully saturated rings. The van der Waals surface area contributed by atoms with E-state index in [-0.39, 0.29) is 12.3 Å². The number of amidine groups is 1. The minimum atomic E-state index is -0.786. The lowest BCUT2D eigenvalue weighted by molar-refractivity contribution is -0.136. The van der Waals surface area contributed by atoms with Gasteiger partial charge in [-0.3, -0.25) is 10.2 Å². The number of aryl methyl sites for hydroxylation is 1. The highest BCUT2D eigenvalue weighted by atomic mass is 16.4. The zero-order chi connectivity index (χ0) is 17.8. The number of rotatable bonds is 6. The van der Waals surface area contributed by atoms with Crippen molar-refractivity contribution < 1.29 is 9.90 Å². The van der Waals surface area contributed by atoms with Gasteiger partial charge in [0, 0.05) is 24.2 Å². The number of hydrogen-bond donors (Lipinski definition) is 3. The Hall–Kier alpha value is -2.63. The Balaban J connectivity index is 1.56. The summed E-state index contributed by atoms with van der Waals surface area (Å²) >= 11 is 0. The van der Waals surface area contributed by atoms with Crippen LogP contribution in [0, 0.1) is 5.41 Å². The van der Waals surface area contributed by atoms with Crippen molar-refractivity contribution >= 4 is 11.8 Å². The van der Waals surface area contributed by atoms with Crippen LogP contribution in [0.15, 0.2) is 36.8 Å². The Morgan fingerprint density at radius 3 is 2.52 bits per heavy atom. The average Bonchev–Trinajstić information content (AvgIpc) is 3.09.